The molecule has 1 atom stereocenters. The van der Waals surface area contributed by atoms with E-state index >= 15 is 0 Å². The van der Waals surface area contributed by atoms with Crippen molar-refractivity contribution in [2.45, 2.75) is 39.7 Å². The molecule has 2 aromatic rings. The zero-order chi connectivity index (χ0) is 20.4. The molecule has 1 aromatic carbocycles. The first-order valence-corrected chi connectivity index (χ1v) is 10.1. The molecule has 2 N–H and O–H groups in total. The Kier molecular flexibility index (Phi) is 9.23. The average molecular weight is 408 g/mol. The number of hydrogen-bond acceptors (Lipinski definition) is 5. The summed E-state index contributed by atoms with van der Waals surface area (Å²) in [6.45, 7) is 8.54. The second kappa shape index (κ2) is 11.7. The Bertz CT molecular complexity index is 748. The highest BCUT2D eigenvalue weighted by atomic mass is 35.5. The number of nitrogens with zero attached hydrogens (tertiary/aromatic N) is 3. The molecule has 0 amide bonds. The predicted molar refractivity (Wildman–Crippen MR) is 113 cm³/mol. The number of nitrogens with one attached hydrogen (secondary N) is 2. The molecular weight excluding hydrogens is 378 g/mol. The topological polar surface area (TPSA) is 84.6 Å². The highest BCUT2D eigenvalue weighted by molar-refractivity contribution is 6.30. The molecular formula is C20H30ClN5O2. The van der Waals surface area contributed by atoms with Crippen molar-refractivity contribution in [1.29, 1.82) is 0 Å². The van der Waals surface area contributed by atoms with Crippen molar-refractivity contribution in [2.24, 2.45) is 10.9 Å². The van der Waals surface area contributed by atoms with Gasteiger partial charge in [-0.1, -0.05) is 42.7 Å². The number of rotatable bonds is 10. The Labute approximate surface area is 171 Å². The monoisotopic (exact) mass is 407 g/mol. The molecule has 0 spiro atoms. The first-order chi connectivity index (χ1) is 13.5. The fourth-order valence-electron chi connectivity index (χ4n) is 2.77. The summed E-state index contributed by atoms with van der Waals surface area (Å²) in [7, 11) is 1.75. The van der Waals surface area contributed by atoms with Crippen LogP contribution in [0.25, 0.3) is 11.4 Å². The molecule has 0 saturated heterocycles. The van der Waals surface area contributed by atoms with Crippen LogP contribution in [0.15, 0.2) is 33.8 Å². The lowest BCUT2D eigenvalue weighted by Crippen LogP contribution is -2.40. The number of guanidine groups is 1. The van der Waals surface area contributed by atoms with Crippen LogP contribution >= 0.6 is 11.6 Å². The summed E-state index contributed by atoms with van der Waals surface area (Å²) in [6.07, 6.45) is 1.78. The summed E-state index contributed by atoms with van der Waals surface area (Å²) in [5.74, 6) is 2.33. The van der Waals surface area contributed by atoms with Crippen LogP contribution in [0.4, 0.5) is 0 Å². The molecule has 154 valence electrons. The molecule has 1 unspecified atom stereocenters. The molecule has 1 heterocycles. The summed E-state index contributed by atoms with van der Waals surface area (Å²) < 4.78 is 11.1. The van der Waals surface area contributed by atoms with Gasteiger partial charge in [-0.2, -0.15) is 4.98 Å². The largest absolute Gasteiger partial charge is 0.378 e. The normalized spacial score (nSPS) is 13.0. The zero-order valence-electron chi connectivity index (χ0n) is 17.0. The van der Waals surface area contributed by atoms with E-state index in [1.807, 2.05) is 31.2 Å². The van der Waals surface area contributed by atoms with Gasteiger partial charge in [-0.15, -0.1) is 0 Å². The van der Waals surface area contributed by atoms with Gasteiger partial charge in [0.1, 0.15) is 0 Å². The minimum Gasteiger partial charge on any atom is -0.378 e. The maximum Gasteiger partial charge on any atom is 0.228 e. The lowest BCUT2D eigenvalue weighted by Gasteiger charge is -2.21. The molecule has 0 radical (unpaired) electrons. The number of aromatic nitrogens is 2. The van der Waals surface area contributed by atoms with Gasteiger partial charge >= 0.3 is 0 Å². The zero-order valence-corrected chi connectivity index (χ0v) is 17.8. The molecule has 0 aliphatic heterocycles. The fraction of sp³-hybridized carbons (Fsp3) is 0.550. The van der Waals surface area contributed by atoms with Crippen molar-refractivity contribution >= 4 is 17.6 Å². The Morgan fingerprint density at radius 2 is 2.07 bits per heavy atom. The quantitative estimate of drug-likeness (QED) is 0.462. The van der Waals surface area contributed by atoms with Gasteiger partial charge in [0.2, 0.25) is 11.7 Å². The second-order valence-corrected chi connectivity index (χ2v) is 7.16. The van der Waals surface area contributed by atoms with Crippen LogP contribution < -0.4 is 10.6 Å². The Morgan fingerprint density at radius 1 is 1.29 bits per heavy atom. The number of halogens is 1. The number of aliphatic imine (C=N–C) groups is 1. The standard InChI is InChI=1S/C20H30ClN5O2/c1-5-27-17(14(2)3)9-11-23-20(22-4)24-12-10-18-25-19(26-28-18)15-7-6-8-16(21)13-15/h6-8,13-14,17H,5,9-12H2,1-4H3,(H2,22,23,24). The third-order valence-electron chi connectivity index (χ3n) is 4.25. The molecule has 8 heteroatoms. The maximum absolute atomic E-state index is 6.01. The van der Waals surface area contributed by atoms with Crippen LogP contribution in [0.1, 0.15) is 33.1 Å². The van der Waals surface area contributed by atoms with Crippen LogP contribution in [0.3, 0.4) is 0 Å². The Balaban J connectivity index is 1.75. The van der Waals surface area contributed by atoms with E-state index < -0.39 is 0 Å². The van der Waals surface area contributed by atoms with Crippen LogP contribution in [-0.2, 0) is 11.2 Å². The van der Waals surface area contributed by atoms with Gasteiger partial charge in [-0.3, -0.25) is 4.99 Å². The van der Waals surface area contributed by atoms with E-state index in [1.165, 1.54) is 0 Å². The molecule has 7 nitrogen and oxygen atoms in total. The van der Waals surface area contributed by atoms with E-state index in [1.54, 1.807) is 7.05 Å². The summed E-state index contributed by atoms with van der Waals surface area (Å²) in [6, 6.07) is 7.39. The SMILES string of the molecule is CCOC(CCNC(=NC)NCCc1nc(-c2cccc(Cl)c2)no1)C(C)C. The van der Waals surface area contributed by atoms with Crippen LogP contribution in [-0.4, -0.2) is 48.9 Å². The third kappa shape index (κ3) is 7.13. The average Bonchev–Trinajstić information content (AvgIpc) is 3.14. The molecule has 1 aromatic heterocycles. The van der Waals surface area contributed by atoms with E-state index in [9.17, 15) is 0 Å². The van der Waals surface area contributed by atoms with E-state index in [-0.39, 0.29) is 6.10 Å². The van der Waals surface area contributed by atoms with Gasteiger partial charge in [0.25, 0.3) is 0 Å². The van der Waals surface area contributed by atoms with E-state index in [4.69, 9.17) is 20.9 Å². The number of hydrogen-bond donors (Lipinski definition) is 2. The lowest BCUT2D eigenvalue weighted by molar-refractivity contribution is 0.0258. The number of benzene rings is 1. The minimum atomic E-state index is 0.249. The van der Waals surface area contributed by atoms with Gasteiger partial charge < -0.3 is 19.9 Å². The fourth-order valence-corrected chi connectivity index (χ4v) is 2.96. The van der Waals surface area contributed by atoms with Crippen molar-refractivity contribution < 1.29 is 9.26 Å². The van der Waals surface area contributed by atoms with Gasteiger partial charge in [0, 0.05) is 43.8 Å². The van der Waals surface area contributed by atoms with Crippen LogP contribution in [0.5, 0.6) is 0 Å². The summed E-state index contributed by atoms with van der Waals surface area (Å²) in [5.41, 5.74) is 0.835. The Morgan fingerprint density at radius 3 is 2.75 bits per heavy atom. The number of ether oxygens (including phenoxy) is 1. The van der Waals surface area contributed by atoms with Crippen LogP contribution in [0, 0.1) is 5.92 Å². The van der Waals surface area contributed by atoms with E-state index in [2.05, 4.69) is 39.6 Å². The molecule has 0 aliphatic rings. The first kappa shape index (κ1) is 22.2. The van der Waals surface area contributed by atoms with Crippen molar-refractivity contribution in [1.82, 2.24) is 20.8 Å². The molecule has 2 rings (SSSR count). The highest BCUT2D eigenvalue weighted by Gasteiger charge is 2.13. The molecule has 0 aliphatic carbocycles. The summed E-state index contributed by atoms with van der Waals surface area (Å²) in [5, 5.41) is 11.2. The molecule has 0 saturated carbocycles. The first-order valence-electron chi connectivity index (χ1n) is 9.68. The van der Waals surface area contributed by atoms with E-state index in [0.717, 1.165) is 31.1 Å². The van der Waals surface area contributed by atoms with Gasteiger partial charge in [0.05, 0.1) is 6.10 Å². The van der Waals surface area contributed by atoms with Crippen molar-refractivity contribution in [3.05, 3.63) is 35.2 Å². The van der Waals surface area contributed by atoms with Gasteiger partial charge in [-0.05, 0) is 31.4 Å². The minimum absolute atomic E-state index is 0.249. The highest BCUT2D eigenvalue weighted by Crippen LogP contribution is 2.19. The lowest BCUT2D eigenvalue weighted by atomic mass is 10.0. The van der Waals surface area contributed by atoms with Gasteiger partial charge in [-0.25, -0.2) is 0 Å². The molecule has 0 bridgehead atoms. The molecule has 0 fully saturated rings. The predicted octanol–water partition coefficient (Wildman–Crippen LogP) is 3.55. The summed E-state index contributed by atoms with van der Waals surface area (Å²) >= 11 is 6.01. The third-order valence-corrected chi connectivity index (χ3v) is 4.49. The van der Waals surface area contributed by atoms with Crippen LogP contribution in [0.2, 0.25) is 5.02 Å². The van der Waals surface area contributed by atoms with Crippen molar-refractivity contribution in [3.63, 3.8) is 0 Å². The summed E-state index contributed by atoms with van der Waals surface area (Å²) in [4.78, 5) is 8.66. The van der Waals surface area contributed by atoms with Crippen molar-refractivity contribution in [3.8, 4) is 11.4 Å². The maximum atomic E-state index is 6.01. The Hall–Kier alpha value is -2.12. The van der Waals surface area contributed by atoms with Gasteiger partial charge in [0.15, 0.2) is 5.96 Å². The van der Waals surface area contributed by atoms with E-state index in [0.29, 0.717) is 35.6 Å². The smallest absolute Gasteiger partial charge is 0.228 e. The second-order valence-electron chi connectivity index (χ2n) is 6.72. The van der Waals surface area contributed by atoms with Crippen molar-refractivity contribution in [2.75, 3.05) is 26.7 Å². The molecule has 28 heavy (non-hydrogen) atoms.